The lowest BCUT2D eigenvalue weighted by Gasteiger charge is -2.30. The lowest BCUT2D eigenvalue weighted by atomic mass is 9.91. The summed E-state index contributed by atoms with van der Waals surface area (Å²) in [5.41, 5.74) is 0. The van der Waals surface area contributed by atoms with Crippen LogP contribution in [-0.2, 0) is 9.84 Å². The number of benzene rings is 1. The first-order chi connectivity index (χ1) is 12.3. The molecule has 0 unspecified atom stereocenters. The third kappa shape index (κ3) is 4.47. The molecule has 1 aromatic carbocycles. The van der Waals surface area contributed by atoms with Crippen LogP contribution < -0.4 is 4.74 Å². The van der Waals surface area contributed by atoms with Gasteiger partial charge in [0.1, 0.15) is 16.5 Å². The summed E-state index contributed by atoms with van der Waals surface area (Å²) in [5.74, 6) is 1.35. The second-order valence-corrected chi connectivity index (χ2v) is 9.25. The van der Waals surface area contributed by atoms with Crippen LogP contribution in [-0.4, -0.2) is 50.5 Å². The van der Waals surface area contributed by atoms with Gasteiger partial charge in [0.2, 0.25) is 0 Å². The van der Waals surface area contributed by atoms with Crippen molar-refractivity contribution in [2.75, 3.05) is 26.0 Å². The first kappa shape index (κ1) is 18.9. The van der Waals surface area contributed by atoms with Crippen molar-refractivity contribution >= 4 is 15.9 Å². The van der Waals surface area contributed by atoms with E-state index >= 15 is 0 Å². The average Bonchev–Trinajstić information content (AvgIpc) is 3.33. The van der Waals surface area contributed by atoms with E-state index in [1.54, 1.807) is 0 Å². The van der Waals surface area contributed by atoms with E-state index in [-0.39, 0.29) is 4.90 Å². The van der Waals surface area contributed by atoms with Crippen molar-refractivity contribution in [3.63, 3.8) is 0 Å². The number of likely N-dealkylation sites (tertiary alicyclic amines) is 1. The monoisotopic (exact) mass is 385 g/mol. The van der Waals surface area contributed by atoms with Gasteiger partial charge in [-0.05, 0) is 55.6 Å². The zero-order valence-corrected chi connectivity index (χ0v) is 15.5. The van der Waals surface area contributed by atoms with E-state index in [1.165, 1.54) is 17.0 Å². The van der Waals surface area contributed by atoms with Gasteiger partial charge in [-0.25, -0.2) is 17.6 Å². The van der Waals surface area contributed by atoms with Gasteiger partial charge in [-0.2, -0.15) is 0 Å². The molecule has 1 aliphatic heterocycles. The zero-order valence-electron chi connectivity index (χ0n) is 14.7. The lowest BCUT2D eigenvalue weighted by Crippen LogP contribution is -2.38. The maximum atomic E-state index is 13.8. The van der Waals surface area contributed by atoms with E-state index in [1.807, 2.05) is 0 Å². The number of halogens is 1. The fraction of sp³-hybridized carbons (Fsp3) is 0.611. The van der Waals surface area contributed by atoms with E-state index in [2.05, 4.69) is 0 Å². The lowest BCUT2D eigenvalue weighted by molar-refractivity contribution is 0.119. The van der Waals surface area contributed by atoms with Crippen LogP contribution in [0.25, 0.3) is 0 Å². The molecular weight excluding hydrogens is 361 g/mol. The summed E-state index contributed by atoms with van der Waals surface area (Å²) >= 11 is 0. The molecule has 2 fully saturated rings. The van der Waals surface area contributed by atoms with E-state index in [9.17, 15) is 17.6 Å². The topological polar surface area (TPSA) is 83.9 Å². The Morgan fingerprint density at radius 2 is 2.04 bits per heavy atom. The van der Waals surface area contributed by atoms with Crippen molar-refractivity contribution in [1.29, 1.82) is 0 Å². The van der Waals surface area contributed by atoms with Crippen molar-refractivity contribution in [3.05, 3.63) is 24.0 Å². The number of piperidine rings is 1. The first-order valence-electron chi connectivity index (χ1n) is 8.86. The molecule has 1 saturated heterocycles. The molecule has 144 valence electrons. The average molecular weight is 385 g/mol. The van der Waals surface area contributed by atoms with Gasteiger partial charge in [-0.3, -0.25) is 0 Å². The molecule has 26 heavy (non-hydrogen) atoms. The molecule has 1 saturated carbocycles. The van der Waals surface area contributed by atoms with Gasteiger partial charge in [0.05, 0.1) is 6.61 Å². The number of ether oxygens (including phenoxy) is 1. The van der Waals surface area contributed by atoms with Crippen molar-refractivity contribution in [1.82, 2.24) is 4.90 Å². The van der Waals surface area contributed by atoms with Gasteiger partial charge in [-0.15, -0.1) is 0 Å². The molecule has 1 amide bonds. The Kier molecular flexibility index (Phi) is 5.41. The maximum Gasteiger partial charge on any atom is 0.407 e. The predicted molar refractivity (Wildman–Crippen MR) is 93.5 cm³/mol. The highest BCUT2D eigenvalue weighted by molar-refractivity contribution is 7.90. The molecule has 3 rings (SSSR count). The van der Waals surface area contributed by atoms with Crippen LogP contribution in [0.2, 0.25) is 0 Å². The standard InChI is InChI=1S/C18H24FNO5S/c1-26(23,24)17-3-2-14(11-16(17)19)25-9-6-13-10-15(13)12-4-7-20(8-5-12)18(21)22/h2-3,11-13,15H,4-10H2,1H3,(H,21,22)/t13-,15+/m1/s1. The van der Waals surface area contributed by atoms with Crippen molar-refractivity contribution in [2.45, 2.75) is 30.6 Å². The molecule has 1 heterocycles. The molecule has 1 aromatic rings. The van der Waals surface area contributed by atoms with Gasteiger partial charge in [0.25, 0.3) is 0 Å². The van der Waals surface area contributed by atoms with Crippen molar-refractivity contribution < 1.29 is 27.4 Å². The second-order valence-electron chi connectivity index (χ2n) is 7.27. The smallest absolute Gasteiger partial charge is 0.407 e. The Morgan fingerprint density at radius 3 is 2.62 bits per heavy atom. The summed E-state index contributed by atoms with van der Waals surface area (Å²) in [7, 11) is -3.57. The third-order valence-corrected chi connectivity index (χ3v) is 6.58. The third-order valence-electron chi connectivity index (χ3n) is 5.45. The Morgan fingerprint density at radius 1 is 1.35 bits per heavy atom. The van der Waals surface area contributed by atoms with Gasteiger partial charge < -0.3 is 14.7 Å². The van der Waals surface area contributed by atoms with Gasteiger partial charge in [0.15, 0.2) is 9.84 Å². The molecule has 0 aromatic heterocycles. The summed E-state index contributed by atoms with van der Waals surface area (Å²) < 4.78 is 42.2. The normalized spacial score (nSPS) is 23.7. The van der Waals surface area contributed by atoms with E-state index in [0.29, 0.717) is 43.2 Å². The second kappa shape index (κ2) is 7.42. The Hall–Kier alpha value is -1.83. The molecule has 1 N–H and O–H groups in total. The number of hydrogen-bond acceptors (Lipinski definition) is 4. The molecular formula is C18H24FNO5S. The number of sulfone groups is 1. The van der Waals surface area contributed by atoms with E-state index < -0.39 is 21.7 Å². The van der Waals surface area contributed by atoms with E-state index in [0.717, 1.165) is 38.0 Å². The Bertz CT molecular complexity index is 774. The summed E-state index contributed by atoms with van der Waals surface area (Å²) in [4.78, 5) is 12.1. The quantitative estimate of drug-likeness (QED) is 0.814. The minimum Gasteiger partial charge on any atom is -0.493 e. The largest absolute Gasteiger partial charge is 0.493 e. The van der Waals surface area contributed by atoms with Crippen molar-refractivity contribution in [2.24, 2.45) is 17.8 Å². The molecule has 0 bridgehead atoms. The van der Waals surface area contributed by atoms with Crippen LogP contribution in [0, 0.1) is 23.6 Å². The molecule has 0 spiro atoms. The summed E-state index contributed by atoms with van der Waals surface area (Å²) in [6, 6.07) is 3.82. The van der Waals surface area contributed by atoms with Crippen LogP contribution >= 0.6 is 0 Å². The summed E-state index contributed by atoms with van der Waals surface area (Å²) in [6.07, 6.45) is 4.00. The number of amides is 1. The van der Waals surface area contributed by atoms with Crippen LogP contribution in [0.5, 0.6) is 5.75 Å². The minimum absolute atomic E-state index is 0.320. The van der Waals surface area contributed by atoms with Crippen LogP contribution in [0.15, 0.2) is 23.1 Å². The van der Waals surface area contributed by atoms with Crippen LogP contribution in [0.3, 0.4) is 0 Å². The number of carboxylic acid groups (broad SMARTS) is 1. The fourth-order valence-corrected chi connectivity index (χ4v) is 4.63. The summed E-state index contributed by atoms with van der Waals surface area (Å²) in [6.45, 7) is 1.70. The van der Waals surface area contributed by atoms with Crippen LogP contribution in [0.4, 0.5) is 9.18 Å². The van der Waals surface area contributed by atoms with Crippen molar-refractivity contribution in [3.8, 4) is 5.75 Å². The molecule has 2 aliphatic rings. The highest BCUT2D eigenvalue weighted by Crippen LogP contribution is 2.49. The SMILES string of the molecule is CS(=O)(=O)c1ccc(OCC[C@@H]2C[C@H]2C2CCN(C(=O)O)CC2)cc1F. The van der Waals surface area contributed by atoms with E-state index in [4.69, 9.17) is 9.84 Å². The number of nitrogens with zero attached hydrogens (tertiary/aromatic N) is 1. The Labute approximate surface area is 152 Å². The van der Waals surface area contributed by atoms with Gasteiger partial charge in [-0.1, -0.05) is 0 Å². The van der Waals surface area contributed by atoms with Gasteiger partial charge >= 0.3 is 6.09 Å². The first-order valence-corrected chi connectivity index (χ1v) is 10.7. The van der Waals surface area contributed by atoms with Gasteiger partial charge in [0, 0.05) is 25.4 Å². The number of rotatable bonds is 6. The Balaban J connectivity index is 1.42. The summed E-state index contributed by atoms with van der Waals surface area (Å²) in [5, 5.41) is 8.99. The minimum atomic E-state index is -3.57. The predicted octanol–water partition coefficient (Wildman–Crippen LogP) is 3.02. The highest BCUT2D eigenvalue weighted by atomic mass is 32.2. The zero-order chi connectivity index (χ0) is 18.9. The van der Waals surface area contributed by atoms with Crippen LogP contribution in [0.1, 0.15) is 25.7 Å². The molecule has 2 atom stereocenters. The molecule has 6 nitrogen and oxygen atoms in total. The maximum absolute atomic E-state index is 13.8. The number of carbonyl (C=O) groups is 1. The number of hydrogen-bond donors (Lipinski definition) is 1. The fourth-order valence-electron chi connectivity index (χ4n) is 3.90. The molecule has 0 radical (unpaired) electrons. The molecule has 1 aliphatic carbocycles. The molecule has 8 heteroatoms. The highest BCUT2D eigenvalue weighted by Gasteiger charge is 2.43.